The van der Waals surface area contributed by atoms with Gasteiger partial charge in [0.15, 0.2) is 11.6 Å². The summed E-state index contributed by atoms with van der Waals surface area (Å²) in [5, 5.41) is 37.2. The molecule has 0 bridgehead atoms. The summed E-state index contributed by atoms with van der Waals surface area (Å²) in [7, 11) is -3.84. The van der Waals surface area contributed by atoms with Gasteiger partial charge in [0.1, 0.15) is 12.6 Å². The Morgan fingerprint density at radius 3 is 1.89 bits per heavy atom. The lowest BCUT2D eigenvalue weighted by Crippen LogP contribution is -2.40. The molecule has 57 heavy (non-hydrogen) atoms. The number of ether oxygens (including phenoxy) is 2. The molecule has 0 aliphatic rings. The van der Waals surface area contributed by atoms with Crippen LogP contribution in [-0.4, -0.2) is 119 Å². The van der Waals surface area contributed by atoms with Crippen molar-refractivity contribution in [3.8, 4) is 0 Å². The second kappa shape index (κ2) is 32.0. The number of nitrogens with zero attached hydrogens (tertiary/aromatic N) is 3. The van der Waals surface area contributed by atoms with Gasteiger partial charge in [-0.15, -0.1) is 10.2 Å². The zero-order valence-electron chi connectivity index (χ0n) is 33.5. The number of carboxylic acid groups (broad SMARTS) is 2. The highest BCUT2D eigenvalue weighted by Gasteiger charge is 2.24. The minimum atomic E-state index is -3.84. The minimum absolute atomic E-state index is 0.0326. The highest BCUT2D eigenvalue weighted by Crippen LogP contribution is 2.15. The number of tetrazole rings is 1. The molecule has 2 atom stereocenters. The van der Waals surface area contributed by atoms with Crippen molar-refractivity contribution in [2.75, 3.05) is 38.7 Å². The normalized spacial score (nSPS) is 12.4. The number of aromatic amines is 1. The number of ketones is 1. The molecule has 0 aromatic carbocycles. The van der Waals surface area contributed by atoms with Gasteiger partial charge < -0.3 is 30.3 Å². The summed E-state index contributed by atoms with van der Waals surface area (Å²) in [6, 6.07) is -1.07. The van der Waals surface area contributed by atoms with Crippen LogP contribution in [0.25, 0.3) is 0 Å². The predicted molar refractivity (Wildman–Crippen MR) is 208 cm³/mol. The fraction of sp³-hybridized carbons (Fsp3) is 0.811. The molecule has 0 aliphatic carbocycles. The molecule has 1 rings (SSSR count). The summed E-state index contributed by atoms with van der Waals surface area (Å²) in [4.78, 5) is 70.8. The zero-order chi connectivity index (χ0) is 42.2. The fourth-order valence-electron chi connectivity index (χ4n) is 5.81. The Hall–Kier alpha value is -4.04. The highest BCUT2D eigenvalue weighted by atomic mass is 32.2. The Morgan fingerprint density at radius 1 is 0.719 bits per heavy atom. The van der Waals surface area contributed by atoms with Crippen LogP contribution in [0.4, 0.5) is 0 Å². The summed E-state index contributed by atoms with van der Waals surface area (Å²) in [6.07, 6.45) is 14.9. The SMILES string of the molecule is CCC(NC(=O)CCC(CC(=O)COCCOCCNC(=O)CCCS(=O)(=O)NC(=O)CCCCCCCCCCCCCCCc1nn[nH]n1)C(=O)O)C(=O)O. The van der Waals surface area contributed by atoms with Gasteiger partial charge in [-0.1, -0.05) is 82.8 Å². The summed E-state index contributed by atoms with van der Waals surface area (Å²) < 4.78 is 37.1. The van der Waals surface area contributed by atoms with E-state index in [2.05, 4.69) is 36.0 Å². The van der Waals surface area contributed by atoms with Crippen LogP contribution in [0, 0.1) is 5.92 Å². The average Bonchev–Trinajstić information content (AvgIpc) is 3.68. The number of Topliss-reactive ketones (excluding diaryl/α,β-unsaturated/α-hetero) is 1. The van der Waals surface area contributed by atoms with E-state index in [4.69, 9.17) is 14.6 Å². The van der Waals surface area contributed by atoms with Crippen LogP contribution in [0.3, 0.4) is 0 Å². The van der Waals surface area contributed by atoms with Gasteiger partial charge in [0.2, 0.25) is 27.7 Å². The molecule has 326 valence electrons. The molecule has 1 aromatic rings. The molecule has 1 heterocycles. The number of H-pyrrole nitrogens is 1. The summed E-state index contributed by atoms with van der Waals surface area (Å²) in [5.74, 6) is -5.15. The van der Waals surface area contributed by atoms with Gasteiger partial charge in [-0.2, -0.15) is 5.21 Å². The smallest absolute Gasteiger partial charge is 0.326 e. The Bertz CT molecular complexity index is 1410. The van der Waals surface area contributed by atoms with Gasteiger partial charge in [-0.3, -0.25) is 28.7 Å². The number of carbonyl (C=O) groups is 6. The molecular weight excluding hydrogens is 767 g/mol. The van der Waals surface area contributed by atoms with Crippen LogP contribution >= 0.6 is 0 Å². The molecule has 6 N–H and O–H groups in total. The van der Waals surface area contributed by atoms with E-state index >= 15 is 0 Å². The van der Waals surface area contributed by atoms with E-state index in [0.717, 1.165) is 44.3 Å². The largest absolute Gasteiger partial charge is 0.481 e. The second-order valence-electron chi connectivity index (χ2n) is 14.1. The molecule has 0 aliphatic heterocycles. The first-order chi connectivity index (χ1) is 27.3. The Kier molecular flexibility index (Phi) is 28.6. The van der Waals surface area contributed by atoms with Crippen molar-refractivity contribution in [1.82, 2.24) is 36.0 Å². The minimum Gasteiger partial charge on any atom is -0.481 e. The van der Waals surface area contributed by atoms with Crippen molar-refractivity contribution in [3.05, 3.63) is 5.82 Å². The zero-order valence-corrected chi connectivity index (χ0v) is 34.3. The van der Waals surface area contributed by atoms with Crippen LogP contribution in [0.1, 0.15) is 141 Å². The number of carboxylic acids is 2. The highest BCUT2D eigenvalue weighted by molar-refractivity contribution is 7.90. The monoisotopic (exact) mass is 831 g/mol. The number of unbranched alkanes of at least 4 members (excludes halogenated alkanes) is 12. The van der Waals surface area contributed by atoms with Gasteiger partial charge in [0, 0.05) is 38.6 Å². The van der Waals surface area contributed by atoms with Crippen LogP contribution in [0.15, 0.2) is 0 Å². The fourth-order valence-corrected chi connectivity index (χ4v) is 6.89. The maximum Gasteiger partial charge on any atom is 0.326 e. The average molecular weight is 832 g/mol. The predicted octanol–water partition coefficient (Wildman–Crippen LogP) is 3.00. The Labute approximate surface area is 336 Å². The lowest BCUT2D eigenvalue weighted by molar-refractivity contribution is -0.145. The number of hydrogen-bond acceptors (Lipinski definition) is 13. The van der Waals surface area contributed by atoms with Crippen molar-refractivity contribution >= 4 is 45.5 Å². The maximum atomic E-state index is 12.3. The molecule has 0 radical (unpaired) electrons. The quantitative estimate of drug-likeness (QED) is 0.0523. The number of carbonyl (C=O) groups excluding carboxylic acids is 4. The summed E-state index contributed by atoms with van der Waals surface area (Å²) in [5.41, 5.74) is 0. The van der Waals surface area contributed by atoms with Crippen molar-refractivity contribution in [1.29, 1.82) is 0 Å². The number of sulfonamides is 1. The number of hydrogen-bond donors (Lipinski definition) is 6. The van der Waals surface area contributed by atoms with Crippen LogP contribution in [0.5, 0.6) is 0 Å². The van der Waals surface area contributed by atoms with Crippen LogP contribution < -0.4 is 15.4 Å². The standard InChI is InChI=1S/C37H65N7O12S/c1-2-31(37(51)52)39-34(47)21-20-29(36(49)50)27-30(45)28-56-25-24-55-23-22-38-33(46)19-16-26-57(53,54)42-35(48)18-15-13-11-9-7-5-3-4-6-8-10-12-14-17-32-40-43-44-41-32/h29,31H,2-28H2,1H3,(H,38,46)(H,39,47)(H,42,48)(H,49,50)(H,51,52)(H,40,41,43,44). The van der Waals surface area contributed by atoms with E-state index in [1.54, 1.807) is 6.92 Å². The van der Waals surface area contributed by atoms with Gasteiger partial charge in [0.05, 0.1) is 31.5 Å². The number of amides is 3. The molecular formula is C37H65N7O12S. The molecule has 3 amide bonds. The lowest BCUT2D eigenvalue weighted by Gasteiger charge is -2.14. The first kappa shape index (κ1) is 51.0. The van der Waals surface area contributed by atoms with E-state index in [1.807, 2.05) is 0 Å². The van der Waals surface area contributed by atoms with Crippen molar-refractivity contribution in [3.63, 3.8) is 0 Å². The molecule has 1 aromatic heterocycles. The van der Waals surface area contributed by atoms with Gasteiger partial charge >= 0.3 is 11.9 Å². The summed E-state index contributed by atoms with van der Waals surface area (Å²) >= 11 is 0. The topological polar surface area (TPSA) is 286 Å². The molecule has 19 nitrogen and oxygen atoms in total. The van der Waals surface area contributed by atoms with E-state index in [-0.39, 0.29) is 89.6 Å². The first-order valence-corrected chi connectivity index (χ1v) is 21.9. The molecule has 0 spiro atoms. The third-order valence-electron chi connectivity index (χ3n) is 9.07. The lowest BCUT2D eigenvalue weighted by atomic mass is 9.97. The van der Waals surface area contributed by atoms with Crippen molar-refractivity contribution in [2.45, 2.75) is 148 Å². The van der Waals surface area contributed by atoms with Crippen LogP contribution in [0.2, 0.25) is 0 Å². The van der Waals surface area contributed by atoms with E-state index in [9.17, 15) is 42.3 Å². The van der Waals surface area contributed by atoms with Gasteiger partial charge in [-0.05, 0) is 32.1 Å². The Morgan fingerprint density at radius 2 is 1.32 bits per heavy atom. The number of aryl methyl sites for hydroxylation is 1. The van der Waals surface area contributed by atoms with Crippen molar-refractivity contribution in [2.24, 2.45) is 5.92 Å². The third kappa shape index (κ3) is 28.9. The third-order valence-corrected chi connectivity index (χ3v) is 10.4. The van der Waals surface area contributed by atoms with Crippen LogP contribution in [-0.2, 0) is 54.7 Å². The van der Waals surface area contributed by atoms with E-state index < -0.39 is 51.5 Å². The van der Waals surface area contributed by atoms with E-state index in [0.29, 0.717) is 6.42 Å². The van der Waals surface area contributed by atoms with Gasteiger partial charge in [-0.25, -0.2) is 13.2 Å². The number of nitrogens with one attached hydrogen (secondary N) is 4. The van der Waals surface area contributed by atoms with Crippen molar-refractivity contribution < 1.29 is 56.9 Å². The first-order valence-electron chi connectivity index (χ1n) is 20.3. The molecule has 20 heteroatoms. The maximum absolute atomic E-state index is 12.3. The second-order valence-corrected chi connectivity index (χ2v) is 15.9. The molecule has 0 fully saturated rings. The summed E-state index contributed by atoms with van der Waals surface area (Å²) in [6.45, 7) is 1.65. The number of aliphatic carboxylic acids is 2. The molecule has 0 saturated carbocycles. The molecule has 2 unspecified atom stereocenters. The van der Waals surface area contributed by atoms with E-state index in [1.165, 1.54) is 44.9 Å². The Balaban J connectivity index is 1.97. The number of rotatable bonds is 38. The van der Waals surface area contributed by atoms with Gasteiger partial charge in [0.25, 0.3) is 0 Å². The number of aromatic nitrogens is 4. The molecule has 0 saturated heterocycles.